The largest absolute Gasteiger partial charge is 0.361 e. The van der Waals surface area contributed by atoms with Gasteiger partial charge in [0.1, 0.15) is 23.2 Å². The maximum Gasteiger partial charge on any atom is 0.179 e. The van der Waals surface area contributed by atoms with E-state index >= 15 is 0 Å². The minimum absolute atomic E-state index is 0.361. The Hall–Kier alpha value is -0.456. The molecular weight excluding hydrogens is 476 g/mol. The van der Waals surface area contributed by atoms with E-state index in [1.165, 1.54) is 0 Å². The molecule has 28 heavy (non-hydrogen) atoms. The monoisotopic (exact) mass is 506 g/mol. The lowest BCUT2D eigenvalue weighted by molar-refractivity contribution is 0.0845. The molecule has 158 valence electrons. The van der Waals surface area contributed by atoms with Crippen LogP contribution in [0.4, 0.5) is 0 Å². The summed E-state index contributed by atoms with van der Waals surface area (Å²) >= 11 is 9.81. The van der Waals surface area contributed by atoms with Gasteiger partial charge in [0.2, 0.25) is 0 Å². The van der Waals surface area contributed by atoms with E-state index in [1.54, 1.807) is 6.20 Å². The second-order valence-electron chi connectivity index (χ2n) is 9.39. The fraction of sp³-hybridized carbons (Fsp3) is 0.667. The molecular formula is C18H32BrClN4O2Si2. The normalized spacial score (nSPS) is 12.7. The van der Waals surface area contributed by atoms with E-state index in [-0.39, 0.29) is 0 Å². The van der Waals surface area contributed by atoms with Crippen molar-refractivity contribution in [3.63, 3.8) is 0 Å². The summed E-state index contributed by atoms with van der Waals surface area (Å²) in [4.78, 5) is 9.03. The first-order chi connectivity index (χ1) is 13.0. The summed E-state index contributed by atoms with van der Waals surface area (Å²) in [5.74, 6) is 1.39. The first kappa shape index (κ1) is 23.8. The van der Waals surface area contributed by atoms with Crippen molar-refractivity contribution in [1.29, 1.82) is 0 Å². The Morgan fingerprint density at radius 2 is 1.54 bits per heavy atom. The number of ether oxygens (including phenoxy) is 2. The lowest BCUT2D eigenvalue weighted by Crippen LogP contribution is -2.22. The van der Waals surface area contributed by atoms with E-state index in [2.05, 4.69) is 65.2 Å². The van der Waals surface area contributed by atoms with Gasteiger partial charge in [-0.2, -0.15) is 0 Å². The van der Waals surface area contributed by atoms with Crippen LogP contribution in [0.1, 0.15) is 0 Å². The Kier molecular flexibility index (Phi) is 8.54. The third-order valence-electron chi connectivity index (χ3n) is 4.20. The summed E-state index contributed by atoms with van der Waals surface area (Å²) < 4.78 is 16.3. The molecule has 0 N–H and O–H groups in total. The van der Waals surface area contributed by atoms with E-state index in [0.29, 0.717) is 30.3 Å². The smallest absolute Gasteiger partial charge is 0.179 e. The van der Waals surface area contributed by atoms with Gasteiger partial charge >= 0.3 is 0 Å². The standard InChI is InChI=1S/C18H32BrClN4O2Si2/c1-27(2,3)9-7-25-13-23-12-15(19)22-18(23)17-21-11-16(20)24(17)14-26-8-10-28(4,5)6/h11-12H,7-10,13-14H2,1-6H3. The Balaban J connectivity index is 2.07. The molecule has 0 aliphatic carbocycles. The van der Waals surface area contributed by atoms with Crippen molar-refractivity contribution in [2.24, 2.45) is 0 Å². The highest BCUT2D eigenvalue weighted by atomic mass is 79.9. The summed E-state index contributed by atoms with van der Waals surface area (Å²) in [6, 6.07) is 2.24. The maximum atomic E-state index is 6.35. The first-order valence-electron chi connectivity index (χ1n) is 9.56. The lowest BCUT2D eigenvalue weighted by Gasteiger charge is -2.17. The molecule has 0 unspecified atom stereocenters. The average Bonchev–Trinajstić information content (AvgIpc) is 3.09. The molecule has 2 aromatic rings. The SMILES string of the molecule is C[Si](C)(C)CCOCn1cc(Br)nc1-c1ncc(Cl)n1COCC[Si](C)(C)C. The van der Waals surface area contributed by atoms with Gasteiger partial charge in [0.15, 0.2) is 11.6 Å². The third-order valence-corrected chi connectivity index (χ3v) is 8.29. The molecule has 0 aliphatic rings. The van der Waals surface area contributed by atoms with Crippen LogP contribution < -0.4 is 0 Å². The van der Waals surface area contributed by atoms with E-state index in [4.69, 9.17) is 21.1 Å². The van der Waals surface area contributed by atoms with Crippen LogP contribution in [0.3, 0.4) is 0 Å². The van der Waals surface area contributed by atoms with E-state index in [9.17, 15) is 0 Å². The number of nitrogens with zero attached hydrogens (tertiary/aromatic N) is 4. The predicted octanol–water partition coefficient (Wildman–Crippen LogP) is 5.79. The van der Waals surface area contributed by atoms with E-state index in [0.717, 1.165) is 29.9 Å². The topological polar surface area (TPSA) is 54.1 Å². The average molecular weight is 508 g/mol. The van der Waals surface area contributed by atoms with Gasteiger partial charge in [0.05, 0.1) is 6.20 Å². The third kappa shape index (κ3) is 7.76. The van der Waals surface area contributed by atoms with Crippen LogP contribution in [0.2, 0.25) is 56.5 Å². The minimum atomic E-state index is -1.13. The van der Waals surface area contributed by atoms with Gasteiger partial charge in [-0.3, -0.25) is 4.57 Å². The fourth-order valence-electron chi connectivity index (χ4n) is 2.39. The zero-order valence-electron chi connectivity index (χ0n) is 17.8. The molecule has 6 nitrogen and oxygen atoms in total. The molecule has 0 atom stereocenters. The van der Waals surface area contributed by atoms with Gasteiger partial charge in [-0.15, -0.1) is 0 Å². The number of halogens is 2. The second kappa shape index (κ2) is 10.0. The van der Waals surface area contributed by atoms with Gasteiger partial charge in [-0.25, -0.2) is 9.97 Å². The number of aromatic nitrogens is 4. The first-order valence-corrected chi connectivity index (χ1v) is 18.1. The molecule has 10 heteroatoms. The predicted molar refractivity (Wildman–Crippen MR) is 124 cm³/mol. The van der Waals surface area contributed by atoms with Crippen molar-refractivity contribution < 1.29 is 9.47 Å². The van der Waals surface area contributed by atoms with Crippen molar-refractivity contribution in [3.05, 3.63) is 22.1 Å². The number of rotatable bonds is 11. The summed E-state index contributed by atoms with van der Waals surface area (Å²) in [6.45, 7) is 16.3. The zero-order chi connectivity index (χ0) is 20.9. The molecule has 0 bridgehead atoms. The summed E-state index contributed by atoms with van der Waals surface area (Å²) in [6.07, 6.45) is 3.54. The van der Waals surface area contributed by atoms with Crippen molar-refractivity contribution >= 4 is 43.7 Å². The molecule has 0 spiro atoms. The highest BCUT2D eigenvalue weighted by Crippen LogP contribution is 2.24. The van der Waals surface area contributed by atoms with Crippen LogP contribution in [0.15, 0.2) is 17.0 Å². The molecule has 2 rings (SSSR count). The molecule has 0 radical (unpaired) electrons. The number of imidazole rings is 2. The molecule has 0 saturated heterocycles. The lowest BCUT2D eigenvalue weighted by atomic mass is 10.5. The number of hydrogen-bond acceptors (Lipinski definition) is 4. The maximum absolute atomic E-state index is 6.35. The molecule has 0 saturated carbocycles. The van der Waals surface area contributed by atoms with Crippen molar-refractivity contribution in [3.8, 4) is 11.6 Å². The van der Waals surface area contributed by atoms with Crippen LogP contribution in [0.25, 0.3) is 11.6 Å². The molecule has 0 aromatic carbocycles. The van der Waals surface area contributed by atoms with Crippen LogP contribution in [0, 0.1) is 0 Å². The van der Waals surface area contributed by atoms with Gasteiger partial charge in [-0.05, 0) is 28.0 Å². The Labute approximate surface area is 183 Å². The van der Waals surface area contributed by atoms with Gasteiger partial charge in [-0.1, -0.05) is 50.9 Å². The molecule has 2 aromatic heterocycles. The van der Waals surface area contributed by atoms with Gasteiger partial charge in [0, 0.05) is 35.6 Å². The second-order valence-corrected chi connectivity index (χ2v) is 21.8. The van der Waals surface area contributed by atoms with Crippen LogP contribution in [-0.4, -0.2) is 48.5 Å². The highest BCUT2D eigenvalue weighted by Gasteiger charge is 2.19. The van der Waals surface area contributed by atoms with E-state index in [1.807, 2.05) is 15.3 Å². The number of hydrogen-bond donors (Lipinski definition) is 0. The molecule has 0 amide bonds. The highest BCUT2D eigenvalue weighted by molar-refractivity contribution is 9.10. The van der Waals surface area contributed by atoms with Crippen LogP contribution >= 0.6 is 27.5 Å². The summed E-state index contributed by atoms with van der Waals surface area (Å²) in [7, 11) is -2.24. The fourth-order valence-corrected chi connectivity index (χ4v) is 4.50. The summed E-state index contributed by atoms with van der Waals surface area (Å²) in [5.41, 5.74) is 0. The van der Waals surface area contributed by atoms with Gasteiger partial charge < -0.3 is 14.0 Å². The van der Waals surface area contributed by atoms with Crippen molar-refractivity contribution in [1.82, 2.24) is 19.1 Å². The Bertz CT molecular complexity index is 769. The molecule has 2 heterocycles. The molecule has 0 fully saturated rings. The minimum Gasteiger partial charge on any atom is -0.361 e. The van der Waals surface area contributed by atoms with Gasteiger partial charge in [0.25, 0.3) is 0 Å². The van der Waals surface area contributed by atoms with Crippen molar-refractivity contribution in [2.75, 3.05) is 13.2 Å². The summed E-state index contributed by atoms with van der Waals surface area (Å²) in [5, 5.41) is 0.535. The molecule has 0 aliphatic heterocycles. The zero-order valence-corrected chi connectivity index (χ0v) is 22.1. The van der Waals surface area contributed by atoms with Crippen LogP contribution in [0.5, 0.6) is 0 Å². The van der Waals surface area contributed by atoms with Crippen molar-refractivity contribution in [2.45, 2.75) is 64.8 Å². The Morgan fingerprint density at radius 3 is 2.11 bits per heavy atom. The Morgan fingerprint density at radius 1 is 0.964 bits per heavy atom. The quantitative estimate of drug-likeness (QED) is 0.285. The van der Waals surface area contributed by atoms with E-state index < -0.39 is 16.1 Å². The van der Waals surface area contributed by atoms with Crippen LogP contribution in [-0.2, 0) is 22.9 Å².